The first-order valence-electron chi connectivity index (χ1n) is 10.6. The van der Waals surface area contributed by atoms with Gasteiger partial charge < -0.3 is 10.5 Å². The topological polar surface area (TPSA) is 105 Å². The van der Waals surface area contributed by atoms with Crippen LogP contribution in [0.1, 0.15) is 63.0 Å². The van der Waals surface area contributed by atoms with E-state index in [0.717, 1.165) is 40.5 Å². The van der Waals surface area contributed by atoms with Crippen molar-refractivity contribution in [3.05, 3.63) is 39.5 Å². The van der Waals surface area contributed by atoms with Crippen LogP contribution in [0, 0.1) is 13.8 Å². The number of ketones is 1. The van der Waals surface area contributed by atoms with Gasteiger partial charge in [0.15, 0.2) is 5.78 Å². The van der Waals surface area contributed by atoms with Crippen molar-refractivity contribution >= 4 is 29.6 Å². The number of nitrogens with zero attached hydrogens (tertiary/aromatic N) is 4. The van der Waals surface area contributed by atoms with Crippen molar-refractivity contribution in [2.24, 2.45) is 0 Å². The number of carbonyl (C=O) groups is 2. The van der Waals surface area contributed by atoms with Gasteiger partial charge in [-0.1, -0.05) is 0 Å². The van der Waals surface area contributed by atoms with Crippen LogP contribution in [0.5, 0.6) is 0 Å². The molecule has 2 N–H and O–H groups in total. The van der Waals surface area contributed by atoms with Crippen molar-refractivity contribution in [3.63, 3.8) is 0 Å². The third-order valence-electron chi connectivity index (χ3n) is 5.19. The van der Waals surface area contributed by atoms with Crippen LogP contribution in [-0.4, -0.2) is 37.9 Å². The van der Waals surface area contributed by atoms with Gasteiger partial charge in [-0.05, 0) is 66.2 Å². The second-order valence-corrected chi connectivity index (χ2v) is 7.44. The molecule has 0 unspecified atom stereocenters. The fourth-order valence-corrected chi connectivity index (χ4v) is 3.36. The Kier molecular flexibility index (Phi) is 7.96. The maximum absolute atomic E-state index is 11.5. The molecule has 0 saturated carbocycles. The van der Waals surface area contributed by atoms with Crippen LogP contribution >= 0.6 is 0 Å². The molecule has 0 fully saturated rings. The fourth-order valence-electron chi connectivity index (χ4n) is 3.36. The highest BCUT2D eigenvalue weighted by Gasteiger charge is 2.21. The lowest BCUT2D eigenvalue weighted by Crippen LogP contribution is -2.11. The molecule has 8 heteroatoms. The Bertz CT molecular complexity index is 1040. The second kappa shape index (κ2) is 10.2. The summed E-state index contributed by atoms with van der Waals surface area (Å²) < 4.78 is 8.65. The summed E-state index contributed by atoms with van der Waals surface area (Å²) in [4.78, 5) is 23.0. The Labute approximate surface area is 183 Å². The molecular formula is C23H33N5O3. The van der Waals surface area contributed by atoms with Crippen LogP contribution in [0.4, 0.5) is 5.69 Å². The van der Waals surface area contributed by atoms with E-state index in [2.05, 4.69) is 17.1 Å². The van der Waals surface area contributed by atoms with Crippen LogP contribution in [0.15, 0.2) is 11.1 Å². The van der Waals surface area contributed by atoms with E-state index in [9.17, 15) is 9.59 Å². The third-order valence-corrected chi connectivity index (χ3v) is 5.19. The number of hydrogen-bond acceptors (Lipinski definition) is 6. The lowest BCUT2D eigenvalue weighted by molar-refractivity contribution is -0.138. The largest absolute Gasteiger partial charge is 0.463 e. The molecule has 0 saturated heterocycles. The van der Waals surface area contributed by atoms with Gasteiger partial charge in [0.05, 0.1) is 35.1 Å². The molecule has 0 atom stereocenters. The smallest absolute Gasteiger partial charge is 0.333 e. The number of esters is 1. The van der Waals surface area contributed by atoms with E-state index in [0.29, 0.717) is 30.8 Å². The van der Waals surface area contributed by atoms with E-state index >= 15 is 0 Å². The van der Waals surface area contributed by atoms with Crippen molar-refractivity contribution in [2.75, 3.05) is 12.3 Å². The van der Waals surface area contributed by atoms with Crippen molar-refractivity contribution in [1.82, 2.24) is 19.6 Å². The van der Waals surface area contributed by atoms with E-state index in [1.54, 1.807) is 24.6 Å². The zero-order chi connectivity index (χ0) is 23.3. The molecular weight excluding hydrogens is 394 g/mol. The maximum Gasteiger partial charge on any atom is 0.333 e. The molecule has 2 aromatic heterocycles. The summed E-state index contributed by atoms with van der Waals surface area (Å²) in [7, 11) is 0. The van der Waals surface area contributed by atoms with Gasteiger partial charge in [-0.3, -0.25) is 14.2 Å². The van der Waals surface area contributed by atoms with Crippen LogP contribution in [0.2, 0.25) is 0 Å². The van der Waals surface area contributed by atoms with E-state index in [4.69, 9.17) is 10.5 Å². The number of aromatic nitrogens is 4. The molecule has 0 aliphatic heterocycles. The zero-order valence-electron chi connectivity index (χ0n) is 19.6. The number of hydrogen-bond donors (Lipinski definition) is 1. The number of aryl methyl sites for hydroxylation is 4. The number of anilines is 1. The maximum atomic E-state index is 11.5. The summed E-state index contributed by atoms with van der Waals surface area (Å²) in [5, 5.41) is 8.68. The number of fused-ring (bicyclic) bond motifs is 1. The summed E-state index contributed by atoms with van der Waals surface area (Å²) in [5.74, 6) is -0.107. The Morgan fingerprint density at radius 2 is 1.74 bits per heavy atom. The first kappa shape index (κ1) is 24.1. The van der Waals surface area contributed by atoms with E-state index < -0.39 is 0 Å². The number of rotatable bonds is 5. The van der Waals surface area contributed by atoms with E-state index in [-0.39, 0.29) is 11.8 Å². The lowest BCUT2D eigenvalue weighted by atomic mass is 9.95. The molecule has 8 nitrogen and oxygen atoms in total. The molecule has 0 spiro atoms. The molecule has 0 radical (unpaired) electrons. The summed E-state index contributed by atoms with van der Waals surface area (Å²) >= 11 is 0. The molecule has 168 valence electrons. The normalized spacial score (nSPS) is 13.3. The minimum atomic E-state index is -0.326. The van der Waals surface area contributed by atoms with Crippen LogP contribution in [-0.2, 0) is 33.8 Å². The highest BCUT2D eigenvalue weighted by atomic mass is 16.5. The quantitative estimate of drug-likeness (QED) is 0.578. The van der Waals surface area contributed by atoms with Gasteiger partial charge in [0, 0.05) is 30.6 Å². The fraction of sp³-hybridized carbons (Fsp3) is 0.478. The molecule has 0 aromatic carbocycles. The zero-order valence-corrected chi connectivity index (χ0v) is 19.6. The van der Waals surface area contributed by atoms with Gasteiger partial charge in [0.25, 0.3) is 0 Å². The molecule has 2 heterocycles. The van der Waals surface area contributed by atoms with Gasteiger partial charge in [-0.2, -0.15) is 10.2 Å². The average molecular weight is 428 g/mol. The Morgan fingerprint density at radius 1 is 1.13 bits per heavy atom. The summed E-state index contributed by atoms with van der Waals surface area (Å²) in [6.07, 6.45) is 4.19. The first-order chi connectivity index (χ1) is 14.6. The van der Waals surface area contributed by atoms with Crippen molar-refractivity contribution < 1.29 is 14.3 Å². The minimum Gasteiger partial charge on any atom is -0.463 e. The van der Waals surface area contributed by atoms with Gasteiger partial charge in [0.2, 0.25) is 0 Å². The molecule has 1 aliphatic rings. The number of carbonyl (C=O) groups excluding carboxylic acids is 2. The predicted molar refractivity (Wildman–Crippen MR) is 122 cm³/mol. The van der Waals surface area contributed by atoms with Crippen LogP contribution in [0.3, 0.4) is 0 Å². The Morgan fingerprint density at radius 3 is 2.32 bits per heavy atom. The highest BCUT2D eigenvalue weighted by Crippen LogP contribution is 2.24. The van der Waals surface area contributed by atoms with Gasteiger partial charge in [0.1, 0.15) is 0 Å². The Hall–Kier alpha value is -3.16. The molecule has 0 amide bonds. The van der Waals surface area contributed by atoms with E-state index in [1.165, 1.54) is 0 Å². The molecule has 0 bridgehead atoms. The van der Waals surface area contributed by atoms with Crippen molar-refractivity contribution in [2.45, 2.75) is 68.0 Å². The molecule has 1 aliphatic carbocycles. The SMILES string of the molecule is CCOC(=O)/C(C)=C/c1c(N)c(C)nn1CC.CCn1nc(C)c2c1C=C(C)C(=O)C2. The van der Waals surface area contributed by atoms with Gasteiger partial charge in [-0.25, -0.2) is 4.79 Å². The number of nitrogen functional groups attached to an aromatic ring is 1. The monoisotopic (exact) mass is 427 g/mol. The highest BCUT2D eigenvalue weighted by molar-refractivity contribution is 6.03. The Balaban J connectivity index is 0.000000224. The van der Waals surface area contributed by atoms with Gasteiger partial charge in [-0.15, -0.1) is 0 Å². The minimum absolute atomic E-state index is 0.219. The van der Waals surface area contributed by atoms with Crippen molar-refractivity contribution in [3.8, 4) is 0 Å². The van der Waals surface area contributed by atoms with E-state index in [1.807, 2.05) is 38.5 Å². The van der Waals surface area contributed by atoms with Gasteiger partial charge >= 0.3 is 5.97 Å². The van der Waals surface area contributed by atoms with Crippen LogP contribution < -0.4 is 5.73 Å². The predicted octanol–water partition coefficient (Wildman–Crippen LogP) is 3.50. The first-order valence-corrected chi connectivity index (χ1v) is 10.6. The lowest BCUT2D eigenvalue weighted by Gasteiger charge is -2.10. The average Bonchev–Trinajstić information content (AvgIpc) is 3.19. The number of allylic oxidation sites excluding steroid dienone is 1. The van der Waals surface area contributed by atoms with Crippen molar-refractivity contribution in [1.29, 1.82) is 0 Å². The number of ether oxygens (including phenoxy) is 1. The summed E-state index contributed by atoms with van der Waals surface area (Å²) in [6, 6.07) is 0. The summed E-state index contributed by atoms with van der Waals surface area (Å²) in [6.45, 7) is 15.1. The molecule has 3 rings (SSSR count). The number of Topliss-reactive ketones (excluding diaryl/α,β-unsaturated/α-hetero) is 1. The number of nitrogens with two attached hydrogens (primary N) is 1. The van der Waals surface area contributed by atoms with Crippen LogP contribution in [0.25, 0.3) is 12.2 Å². The third kappa shape index (κ3) is 5.31. The standard InChI is InChI=1S/C12H19N3O2.C11H14N2O/c1-5-15-10(11(13)9(4)14-15)7-8(3)12(16)17-6-2;1-4-13-10-5-7(2)11(14)6-9(10)8(3)12-13/h7H,5-6,13H2,1-4H3;5H,4,6H2,1-3H3/b8-7+;. The second-order valence-electron chi connectivity index (χ2n) is 7.44. The molecule has 2 aromatic rings. The molecule has 31 heavy (non-hydrogen) atoms. The summed E-state index contributed by atoms with van der Waals surface area (Å²) in [5.41, 5.74) is 12.6.